The molecule has 2 rings (SSSR count). The third kappa shape index (κ3) is 5.80. The SMILES string of the molecule is CC(Oc1ccc([N+](=O)[O-])cc1)C(=O)Nc1ccccc1C(=O)NC(C)(C)C. The van der Waals surface area contributed by atoms with Crippen molar-refractivity contribution in [3.8, 4) is 5.75 Å². The van der Waals surface area contributed by atoms with Crippen molar-refractivity contribution in [3.63, 3.8) is 0 Å². The highest BCUT2D eigenvalue weighted by atomic mass is 16.6. The minimum atomic E-state index is -0.875. The van der Waals surface area contributed by atoms with Gasteiger partial charge in [0.25, 0.3) is 17.5 Å². The van der Waals surface area contributed by atoms with E-state index in [0.717, 1.165) is 0 Å². The summed E-state index contributed by atoms with van der Waals surface area (Å²) >= 11 is 0. The van der Waals surface area contributed by atoms with E-state index in [1.807, 2.05) is 20.8 Å². The summed E-state index contributed by atoms with van der Waals surface area (Å²) in [5.74, 6) is -0.422. The first kappa shape index (κ1) is 20.9. The maximum absolute atomic E-state index is 12.5. The first-order valence-corrected chi connectivity index (χ1v) is 8.70. The number of carbonyl (C=O) groups excluding carboxylic acids is 2. The van der Waals surface area contributed by atoms with Crippen molar-refractivity contribution in [2.75, 3.05) is 5.32 Å². The number of nitrogens with one attached hydrogen (secondary N) is 2. The van der Waals surface area contributed by atoms with E-state index in [0.29, 0.717) is 17.0 Å². The monoisotopic (exact) mass is 385 g/mol. The molecule has 2 aromatic rings. The van der Waals surface area contributed by atoms with Crippen LogP contribution in [0, 0.1) is 10.1 Å². The lowest BCUT2D eigenvalue weighted by molar-refractivity contribution is -0.384. The molecule has 1 unspecified atom stereocenters. The Balaban J connectivity index is 2.08. The van der Waals surface area contributed by atoms with Gasteiger partial charge in [0, 0.05) is 17.7 Å². The molecule has 1 atom stereocenters. The Morgan fingerprint density at radius 3 is 2.25 bits per heavy atom. The molecule has 8 heteroatoms. The van der Waals surface area contributed by atoms with Crippen molar-refractivity contribution in [1.29, 1.82) is 0 Å². The van der Waals surface area contributed by atoms with Crippen LogP contribution in [0.4, 0.5) is 11.4 Å². The van der Waals surface area contributed by atoms with Gasteiger partial charge in [0.2, 0.25) is 0 Å². The number of carbonyl (C=O) groups is 2. The van der Waals surface area contributed by atoms with Crippen LogP contribution in [0.15, 0.2) is 48.5 Å². The minimum absolute atomic E-state index is 0.0664. The van der Waals surface area contributed by atoms with Crippen molar-refractivity contribution < 1.29 is 19.2 Å². The van der Waals surface area contributed by atoms with Gasteiger partial charge in [0.15, 0.2) is 6.10 Å². The summed E-state index contributed by atoms with van der Waals surface area (Å²) in [6.45, 7) is 7.15. The van der Waals surface area contributed by atoms with Crippen LogP contribution in [0.5, 0.6) is 5.75 Å². The van der Waals surface area contributed by atoms with Crippen LogP contribution in [0.3, 0.4) is 0 Å². The predicted molar refractivity (Wildman–Crippen MR) is 105 cm³/mol. The van der Waals surface area contributed by atoms with Gasteiger partial charge in [0.1, 0.15) is 5.75 Å². The predicted octanol–water partition coefficient (Wildman–Crippen LogP) is 3.53. The number of ether oxygens (including phenoxy) is 1. The molecule has 2 amide bonds. The van der Waals surface area contributed by atoms with Crippen LogP contribution in [0.2, 0.25) is 0 Å². The quantitative estimate of drug-likeness (QED) is 0.584. The van der Waals surface area contributed by atoms with Gasteiger partial charge in [-0.15, -0.1) is 0 Å². The van der Waals surface area contributed by atoms with E-state index in [1.165, 1.54) is 24.3 Å². The van der Waals surface area contributed by atoms with E-state index < -0.39 is 22.5 Å². The lowest BCUT2D eigenvalue weighted by atomic mass is 10.1. The smallest absolute Gasteiger partial charge is 0.269 e. The van der Waals surface area contributed by atoms with E-state index in [4.69, 9.17) is 4.74 Å². The maximum atomic E-state index is 12.5. The molecule has 0 spiro atoms. The van der Waals surface area contributed by atoms with Crippen molar-refractivity contribution in [2.45, 2.75) is 39.3 Å². The molecule has 148 valence electrons. The molecule has 28 heavy (non-hydrogen) atoms. The molecule has 8 nitrogen and oxygen atoms in total. The van der Waals surface area contributed by atoms with Crippen LogP contribution >= 0.6 is 0 Å². The second-order valence-electron chi connectivity index (χ2n) is 7.25. The minimum Gasteiger partial charge on any atom is -0.481 e. The largest absolute Gasteiger partial charge is 0.481 e. The number of nitro benzene ring substituents is 1. The summed E-state index contributed by atoms with van der Waals surface area (Å²) in [6, 6.07) is 12.1. The Morgan fingerprint density at radius 2 is 1.68 bits per heavy atom. The third-order valence-corrected chi connectivity index (χ3v) is 3.65. The number of rotatable bonds is 6. The maximum Gasteiger partial charge on any atom is 0.269 e. The van der Waals surface area contributed by atoms with E-state index >= 15 is 0 Å². The second-order valence-corrected chi connectivity index (χ2v) is 7.25. The van der Waals surface area contributed by atoms with Crippen LogP contribution in [0.25, 0.3) is 0 Å². The van der Waals surface area contributed by atoms with Gasteiger partial charge >= 0.3 is 0 Å². The Hall–Kier alpha value is -3.42. The number of hydrogen-bond donors (Lipinski definition) is 2. The summed E-state index contributed by atoms with van der Waals surface area (Å²) < 4.78 is 5.53. The van der Waals surface area contributed by atoms with Crippen LogP contribution in [-0.4, -0.2) is 28.4 Å². The van der Waals surface area contributed by atoms with Crippen LogP contribution in [-0.2, 0) is 4.79 Å². The van der Waals surface area contributed by atoms with Crippen LogP contribution < -0.4 is 15.4 Å². The van der Waals surface area contributed by atoms with Gasteiger partial charge in [0.05, 0.1) is 16.2 Å². The Labute approximate surface area is 163 Å². The summed E-state index contributed by atoms with van der Waals surface area (Å²) in [4.78, 5) is 35.1. The number of amides is 2. The highest BCUT2D eigenvalue weighted by Crippen LogP contribution is 2.20. The molecule has 0 bridgehead atoms. The first-order valence-electron chi connectivity index (χ1n) is 8.70. The second kappa shape index (κ2) is 8.51. The summed E-state index contributed by atoms with van der Waals surface area (Å²) in [5, 5.41) is 16.2. The highest BCUT2D eigenvalue weighted by Gasteiger charge is 2.21. The number of para-hydroxylation sites is 1. The van der Waals surface area contributed by atoms with Crippen molar-refractivity contribution in [1.82, 2.24) is 5.32 Å². The number of hydrogen-bond acceptors (Lipinski definition) is 5. The molecule has 0 saturated carbocycles. The number of nitrogens with zero attached hydrogens (tertiary/aromatic N) is 1. The zero-order chi connectivity index (χ0) is 20.9. The molecule has 0 aliphatic carbocycles. The molecule has 2 N–H and O–H groups in total. The topological polar surface area (TPSA) is 111 Å². The number of nitro groups is 1. The molecular weight excluding hydrogens is 362 g/mol. The summed E-state index contributed by atoms with van der Waals surface area (Å²) in [5.41, 5.74) is 0.227. The molecule has 0 heterocycles. The fraction of sp³-hybridized carbons (Fsp3) is 0.300. The molecule has 2 aromatic carbocycles. The van der Waals surface area contributed by atoms with Crippen molar-refractivity contribution >= 4 is 23.2 Å². The van der Waals surface area contributed by atoms with Crippen molar-refractivity contribution in [2.24, 2.45) is 0 Å². The fourth-order valence-electron chi connectivity index (χ4n) is 2.34. The molecule has 0 aliphatic heterocycles. The lowest BCUT2D eigenvalue weighted by Gasteiger charge is -2.22. The van der Waals surface area contributed by atoms with Gasteiger partial charge in [-0.25, -0.2) is 0 Å². The van der Waals surface area contributed by atoms with E-state index in [2.05, 4.69) is 10.6 Å². The van der Waals surface area contributed by atoms with Gasteiger partial charge in [-0.2, -0.15) is 0 Å². The molecule has 0 fully saturated rings. The van der Waals surface area contributed by atoms with Gasteiger partial charge in [-0.05, 0) is 52.0 Å². The Morgan fingerprint density at radius 1 is 1.07 bits per heavy atom. The van der Waals surface area contributed by atoms with Crippen molar-refractivity contribution in [3.05, 3.63) is 64.2 Å². The average molecular weight is 385 g/mol. The molecule has 0 aliphatic rings. The molecular formula is C20H23N3O5. The fourth-order valence-corrected chi connectivity index (χ4v) is 2.34. The normalized spacial score (nSPS) is 12.0. The first-order chi connectivity index (χ1) is 13.1. The lowest BCUT2D eigenvalue weighted by Crippen LogP contribution is -2.41. The number of benzene rings is 2. The van der Waals surface area contributed by atoms with E-state index in [1.54, 1.807) is 31.2 Å². The summed E-state index contributed by atoms with van der Waals surface area (Å²) in [7, 11) is 0. The van der Waals surface area contributed by atoms with E-state index in [-0.39, 0.29) is 11.6 Å². The Kier molecular flexibility index (Phi) is 6.35. The Bertz CT molecular complexity index is 872. The van der Waals surface area contributed by atoms with Gasteiger partial charge in [-0.3, -0.25) is 19.7 Å². The standard InChI is InChI=1S/C20H23N3O5/c1-13(28-15-11-9-14(10-12-15)23(26)27)18(24)21-17-8-6-5-7-16(17)19(25)22-20(2,3)4/h5-13H,1-4H3,(H,21,24)(H,22,25). The summed E-state index contributed by atoms with van der Waals surface area (Å²) in [6.07, 6.45) is -0.875. The average Bonchev–Trinajstić information content (AvgIpc) is 2.61. The molecule has 0 saturated heterocycles. The highest BCUT2D eigenvalue weighted by molar-refractivity contribution is 6.04. The zero-order valence-electron chi connectivity index (χ0n) is 16.2. The van der Waals surface area contributed by atoms with Gasteiger partial charge < -0.3 is 15.4 Å². The van der Waals surface area contributed by atoms with Gasteiger partial charge in [-0.1, -0.05) is 12.1 Å². The number of anilines is 1. The number of non-ortho nitro benzene ring substituents is 1. The van der Waals surface area contributed by atoms with E-state index in [9.17, 15) is 19.7 Å². The molecule has 0 aromatic heterocycles. The third-order valence-electron chi connectivity index (χ3n) is 3.65. The zero-order valence-corrected chi connectivity index (χ0v) is 16.2. The van der Waals surface area contributed by atoms with Crippen LogP contribution in [0.1, 0.15) is 38.1 Å². The molecule has 0 radical (unpaired) electrons.